The Morgan fingerprint density at radius 2 is 2.04 bits per heavy atom. The molecule has 2 heterocycles. The number of nitrogens with two attached hydrogens (primary N) is 1. The van der Waals surface area contributed by atoms with Crippen molar-refractivity contribution in [2.75, 3.05) is 5.32 Å². The van der Waals surface area contributed by atoms with Crippen LogP contribution < -0.4 is 10.5 Å². The van der Waals surface area contributed by atoms with Gasteiger partial charge in [-0.1, -0.05) is 6.07 Å². The standard InChI is InChI=1S/C13H12N6O4S/c14-24(22,23)11-7-9(19(20)21)4-5-10(11)15-8-13-17-16-12-3-1-2-6-18(12)13/h1-7,15H,8H2,(H2,14,22,23). The summed E-state index contributed by atoms with van der Waals surface area (Å²) in [6, 6.07) is 8.80. The second-order valence-corrected chi connectivity index (χ2v) is 6.41. The van der Waals surface area contributed by atoms with Crippen LogP contribution in [0.3, 0.4) is 0 Å². The lowest BCUT2D eigenvalue weighted by Crippen LogP contribution is -2.16. The van der Waals surface area contributed by atoms with Crippen molar-refractivity contribution in [3.05, 3.63) is 58.5 Å². The number of pyridine rings is 1. The first-order valence-electron chi connectivity index (χ1n) is 6.70. The van der Waals surface area contributed by atoms with Gasteiger partial charge in [0.15, 0.2) is 11.5 Å². The monoisotopic (exact) mass is 348 g/mol. The largest absolute Gasteiger partial charge is 0.377 e. The lowest BCUT2D eigenvalue weighted by atomic mass is 10.3. The maximum atomic E-state index is 11.7. The summed E-state index contributed by atoms with van der Waals surface area (Å²) in [5.41, 5.74) is 0.429. The number of primary sulfonamides is 1. The molecule has 0 saturated carbocycles. The minimum absolute atomic E-state index is 0.149. The van der Waals surface area contributed by atoms with E-state index >= 15 is 0 Å². The van der Waals surface area contributed by atoms with Crippen LogP contribution in [0.1, 0.15) is 5.82 Å². The number of non-ortho nitro benzene ring substituents is 1. The van der Waals surface area contributed by atoms with Gasteiger partial charge in [0.05, 0.1) is 17.2 Å². The van der Waals surface area contributed by atoms with Gasteiger partial charge in [-0.2, -0.15) is 0 Å². The number of rotatable bonds is 5. The average molecular weight is 348 g/mol. The highest BCUT2D eigenvalue weighted by molar-refractivity contribution is 7.89. The Bertz CT molecular complexity index is 1030. The van der Waals surface area contributed by atoms with Crippen LogP contribution in [0.2, 0.25) is 0 Å². The van der Waals surface area contributed by atoms with Crippen molar-refractivity contribution in [3.63, 3.8) is 0 Å². The predicted molar refractivity (Wildman–Crippen MR) is 84.8 cm³/mol. The van der Waals surface area contributed by atoms with Crippen molar-refractivity contribution >= 4 is 27.0 Å². The Balaban J connectivity index is 1.94. The number of nitro groups is 1. The van der Waals surface area contributed by atoms with Crippen molar-refractivity contribution in [2.45, 2.75) is 11.4 Å². The normalized spacial score (nSPS) is 11.5. The molecule has 0 spiro atoms. The highest BCUT2D eigenvalue weighted by Crippen LogP contribution is 2.25. The number of nitrogens with one attached hydrogen (secondary N) is 1. The van der Waals surface area contributed by atoms with Crippen LogP contribution in [-0.2, 0) is 16.6 Å². The molecule has 0 saturated heterocycles. The van der Waals surface area contributed by atoms with Gasteiger partial charge in [-0.25, -0.2) is 13.6 Å². The molecule has 0 unspecified atom stereocenters. The van der Waals surface area contributed by atoms with E-state index in [0.717, 1.165) is 6.07 Å². The zero-order chi connectivity index (χ0) is 17.3. The first-order valence-corrected chi connectivity index (χ1v) is 8.24. The maximum Gasteiger partial charge on any atom is 0.270 e. The van der Waals surface area contributed by atoms with Gasteiger partial charge in [0.2, 0.25) is 10.0 Å². The number of aromatic nitrogens is 3. The van der Waals surface area contributed by atoms with Gasteiger partial charge in [-0.3, -0.25) is 14.5 Å². The molecule has 3 aromatic rings. The lowest BCUT2D eigenvalue weighted by molar-refractivity contribution is -0.385. The van der Waals surface area contributed by atoms with Gasteiger partial charge < -0.3 is 5.32 Å². The molecule has 3 rings (SSSR count). The molecule has 0 aliphatic heterocycles. The van der Waals surface area contributed by atoms with Crippen molar-refractivity contribution in [3.8, 4) is 0 Å². The van der Waals surface area contributed by atoms with Crippen molar-refractivity contribution in [1.29, 1.82) is 0 Å². The fourth-order valence-electron chi connectivity index (χ4n) is 2.19. The van der Waals surface area contributed by atoms with Gasteiger partial charge in [0.25, 0.3) is 5.69 Å². The second kappa shape index (κ2) is 5.86. The molecule has 0 fully saturated rings. The summed E-state index contributed by atoms with van der Waals surface area (Å²) in [6.07, 6.45) is 1.77. The molecule has 11 heteroatoms. The topological polar surface area (TPSA) is 146 Å². The fraction of sp³-hybridized carbons (Fsp3) is 0.0769. The van der Waals surface area contributed by atoms with E-state index in [-0.39, 0.29) is 22.8 Å². The van der Waals surface area contributed by atoms with Gasteiger partial charge in [-0.05, 0) is 18.2 Å². The molecule has 2 aromatic heterocycles. The third-order valence-electron chi connectivity index (χ3n) is 3.30. The molecular weight excluding hydrogens is 336 g/mol. The molecule has 0 radical (unpaired) electrons. The second-order valence-electron chi connectivity index (χ2n) is 4.88. The number of sulfonamides is 1. The summed E-state index contributed by atoms with van der Waals surface area (Å²) >= 11 is 0. The van der Waals surface area contributed by atoms with Crippen molar-refractivity contribution in [1.82, 2.24) is 14.6 Å². The number of anilines is 1. The molecule has 1 aromatic carbocycles. The Morgan fingerprint density at radius 3 is 2.75 bits per heavy atom. The summed E-state index contributed by atoms with van der Waals surface area (Å²) in [7, 11) is -4.13. The minimum Gasteiger partial charge on any atom is -0.377 e. The number of hydrogen-bond donors (Lipinski definition) is 2. The van der Waals surface area contributed by atoms with E-state index in [2.05, 4.69) is 15.5 Å². The zero-order valence-electron chi connectivity index (χ0n) is 12.2. The first-order chi connectivity index (χ1) is 11.4. The zero-order valence-corrected chi connectivity index (χ0v) is 13.0. The number of fused-ring (bicyclic) bond motifs is 1. The highest BCUT2D eigenvalue weighted by atomic mass is 32.2. The van der Waals surface area contributed by atoms with E-state index in [9.17, 15) is 18.5 Å². The smallest absolute Gasteiger partial charge is 0.270 e. The van der Waals surface area contributed by atoms with Crippen molar-refractivity contribution in [2.24, 2.45) is 5.14 Å². The average Bonchev–Trinajstić information content (AvgIpc) is 2.95. The van der Waals surface area contributed by atoms with Crippen LogP contribution in [-0.4, -0.2) is 27.9 Å². The van der Waals surface area contributed by atoms with E-state index in [0.29, 0.717) is 11.5 Å². The molecule has 0 bridgehead atoms. The first kappa shape index (κ1) is 15.8. The van der Waals surface area contributed by atoms with E-state index in [1.165, 1.54) is 12.1 Å². The third kappa shape index (κ3) is 3.02. The third-order valence-corrected chi connectivity index (χ3v) is 4.25. The number of nitro benzene ring substituents is 1. The van der Waals surface area contributed by atoms with Crippen LogP contribution in [0.4, 0.5) is 11.4 Å². The Kier molecular flexibility index (Phi) is 3.87. The summed E-state index contributed by atoms with van der Waals surface area (Å²) in [5, 5.41) is 26.8. The van der Waals surface area contributed by atoms with Gasteiger partial charge in [0.1, 0.15) is 4.90 Å². The SMILES string of the molecule is NS(=O)(=O)c1cc([N+](=O)[O-])ccc1NCc1nnc2ccccn12. The lowest BCUT2D eigenvalue weighted by Gasteiger charge is -2.10. The molecule has 3 N–H and O–H groups in total. The Labute approximate surface area is 136 Å². The van der Waals surface area contributed by atoms with Gasteiger partial charge in [0, 0.05) is 18.3 Å². The molecule has 124 valence electrons. The molecule has 0 aliphatic rings. The summed E-state index contributed by atoms with van der Waals surface area (Å²) in [4.78, 5) is 9.76. The summed E-state index contributed by atoms with van der Waals surface area (Å²) in [6.45, 7) is 0.158. The van der Waals surface area contributed by atoms with Gasteiger partial charge in [-0.15, -0.1) is 10.2 Å². The van der Waals surface area contributed by atoms with E-state index in [1.807, 2.05) is 12.1 Å². The van der Waals surface area contributed by atoms with Crippen LogP contribution in [0, 0.1) is 10.1 Å². The van der Waals surface area contributed by atoms with Gasteiger partial charge >= 0.3 is 0 Å². The van der Waals surface area contributed by atoms with Crippen molar-refractivity contribution < 1.29 is 13.3 Å². The highest BCUT2D eigenvalue weighted by Gasteiger charge is 2.19. The number of benzene rings is 1. The number of hydrogen-bond acceptors (Lipinski definition) is 7. The quantitative estimate of drug-likeness (QED) is 0.514. The van der Waals surface area contributed by atoms with E-state index in [4.69, 9.17) is 5.14 Å². The maximum absolute atomic E-state index is 11.7. The minimum atomic E-state index is -4.13. The van der Waals surface area contributed by atoms with Crippen LogP contribution in [0.25, 0.3) is 5.65 Å². The van der Waals surface area contributed by atoms with E-state index < -0.39 is 14.9 Å². The fourth-order valence-corrected chi connectivity index (χ4v) is 2.92. The molecule has 0 atom stereocenters. The van der Waals surface area contributed by atoms with E-state index in [1.54, 1.807) is 16.7 Å². The molecule has 10 nitrogen and oxygen atoms in total. The molecule has 0 aliphatic carbocycles. The Morgan fingerprint density at radius 1 is 1.25 bits per heavy atom. The molecular formula is C13H12N6O4S. The molecule has 24 heavy (non-hydrogen) atoms. The Hall–Kier alpha value is -3.05. The summed E-state index contributed by atoms with van der Waals surface area (Å²) < 4.78 is 25.1. The summed E-state index contributed by atoms with van der Waals surface area (Å²) in [5.74, 6) is 0.546. The van der Waals surface area contributed by atoms with Crippen LogP contribution in [0.5, 0.6) is 0 Å². The number of nitrogens with zero attached hydrogens (tertiary/aromatic N) is 4. The molecule has 0 amide bonds. The van der Waals surface area contributed by atoms with Crippen LogP contribution >= 0.6 is 0 Å². The van der Waals surface area contributed by atoms with Crippen LogP contribution in [0.15, 0.2) is 47.5 Å². The predicted octanol–water partition coefficient (Wildman–Crippen LogP) is 0.897.